The Morgan fingerprint density at radius 3 is 2.03 bits per heavy atom. The van der Waals surface area contributed by atoms with Crippen molar-refractivity contribution in [2.45, 2.75) is 40.0 Å². The van der Waals surface area contributed by atoms with Crippen LogP contribution in [-0.4, -0.2) is 18.4 Å². The summed E-state index contributed by atoms with van der Waals surface area (Å²) in [5.74, 6) is 0.407. The van der Waals surface area contributed by atoms with E-state index in [0.717, 1.165) is 23.4 Å². The molecular weight excluding hydrogens is 424 g/mol. The van der Waals surface area contributed by atoms with E-state index >= 15 is 0 Å². The summed E-state index contributed by atoms with van der Waals surface area (Å²) in [6, 6.07) is 22.8. The highest BCUT2D eigenvalue weighted by atomic mass is 16.5. The van der Waals surface area contributed by atoms with Crippen LogP contribution in [-0.2, 0) is 16.0 Å². The molecule has 34 heavy (non-hydrogen) atoms. The van der Waals surface area contributed by atoms with Crippen molar-refractivity contribution < 1.29 is 14.3 Å². The lowest BCUT2D eigenvalue weighted by molar-refractivity contribution is -0.120. The lowest BCUT2D eigenvalue weighted by atomic mass is 10.0. The Kier molecular flexibility index (Phi) is 6.82. The van der Waals surface area contributed by atoms with Gasteiger partial charge in [-0.15, -0.1) is 0 Å². The number of nitrogens with zero attached hydrogens (tertiary/aromatic N) is 1. The van der Waals surface area contributed by atoms with Crippen LogP contribution in [0.5, 0.6) is 5.75 Å². The predicted molar refractivity (Wildman–Crippen MR) is 137 cm³/mol. The molecule has 0 atom stereocenters. The molecule has 3 aromatic rings. The minimum atomic E-state index is -0.369. The number of rotatable bonds is 8. The fourth-order valence-corrected chi connectivity index (χ4v) is 4.01. The topological polar surface area (TPSA) is 58.6 Å². The quantitative estimate of drug-likeness (QED) is 0.414. The van der Waals surface area contributed by atoms with E-state index < -0.39 is 0 Å². The van der Waals surface area contributed by atoms with Crippen molar-refractivity contribution in [1.29, 1.82) is 0 Å². The molecule has 1 aliphatic rings. The number of nitrogens with one attached hydrogen (secondary N) is 1. The van der Waals surface area contributed by atoms with E-state index in [-0.39, 0.29) is 17.5 Å². The number of aryl methyl sites for hydroxylation is 1. The van der Waals surface area contributed by atoms with Crippen LogP contribution in [0.15, 0.2) is 78.5 Å². The molecule has 0 bridgehead atoms. The van der Waals surface area contributed by atoms with Crippen LogP contribution in [0.1, 0.15) is 50.3 Å². The summed E-state index contributed by atoms with van der Waals surface area (Å²) in [5.41, 5.74) is 4.95. The van der Waals surface area contributed by atoms with Gasteiger partial charge in [0.1, 0.15) is 11.4 Å². The summed E-state index contributed by atoms with van der Waals surface area (Å²) in [6.07, 6.45) is 0.886. The van der Waals surface area contributed by atoms with E-state index in [4.69, 9.17) is 4.74 Å². The Labute approximate surface area is 201 Å². The lowest BCUT2D eigenvalue weighted by Crippen LogP contribution is -2.32. The third kappa shape index (κ3) is 4.60. The first kappa shape index (κ1) is 23.3. The van der Waals surface area contributed by atoms with Crippen molar-refractivity contribution in [3.05, 3.63) is 95.2 Å². The zero-order valence-electron chi connectivity index (χ0n) is 20.1. The average Bonchev–Trinajstić information content (AvgIpc) is 3.09. The first-order valence-electron chi connectivity index (χ1n) is 11.7. The summed E-state index contributed by atoms with van der Waals surface area (Å²) >= 11 is 0. The minimum Gasteiger partial charge on any atom is -0.494 e. The van der Waals surface area contributed by atoms with Crippen molar-refractivity contribution in [2.75, 3.05) is 16.8 Å². The fourth-order valence-electron chi connectivity index (χ4n) is 4.01. The summed E-state index contributed by atoms with van der Waals surface area (Å²) in [5, 5.41) is 3.23. The van der Waals surface area contributed by atoms with E-state index in [1.165, 1.54) is 10.5 Å². The third-order valence-electron chi connectivity index (χ3n) is 5.99. The number of carbonyl (C=O) groups excluding carboxylic acids is 2. The van der Waals surface area contributed by atoms with Gasteiger partial charge < -0.3 is 10.1 Å². The molecule has 0 saturated heterocycles. The number of carbonyl (C=O) groups is 2. The Balaban J connectivity index is 1.74. The van der Waals surface area contributed by atoms with Crippen molar-refractivity contribution >= 4 is 28.8 Å². The summed E-state index contributed by atoms with van der Waals surface area (Å²) in [7, 11) is 0. The van der Waals surface area contributed by atoms with E-state index in [0.29, 0.717) is 29.3 Å². The van der Waals surface area contributed by atoms with Gasteiger partial charge in [0.25, 0.3) is 11.8 Å². The van der Waals surface area contributed by atoms with E-state index in [1.54, 1.807) is 0 Å². The fraction of sp³-hybridized carbons (Fsp3) is 0.241. The second kappa shape index (κ2) is 9.96. The van der Waals surface area contributed by atoms with Crippen LogP contribution in [0.3, 0.4) is 0 Å². The minimum absolute atomic E-state index is 0.269. The van der Waals surface area contributed by atoms with Gasteiger partial charge in [-0.1, -0.05) is 57.2 Å². The van der Waals surface area contributed by atoms with Crippen LogP contribution in [0.2, 0.25) is 0 Å². The molecule has 0 fully saturated rings. The predicted octanol–water partition coefficient (Wildman–Crippen LogP) is 6.17. The van der Waals surface area contributed by atoms with Crippen molar-refractivity contribution in [3.63, 3.8) is 0 Å². The Hall–Kier alpha value is -3.86. The molecule has 0 unspecified atom stereocenters. The van der Waals surface area contributed by atoms with Gasteiger partial charge in [0.05, 0.1) is 17.9 Å². The van der Waals surface area contributed by atoms with Gasteiger partial charge in [-0.2, -0.15) is 0 Å². The number of hydrogen-bond donors (Lipinski definition) is 1. The zero-order valence-corrected chi connectivity index (χ0v) is 20.1. The summed E-state index contributed by atoms with van der Waals surface area (Å²) < 4.78 is 5.54. The molecule has 5 heteroatoms. The van der Waals surface area contributed by atoms with Gasteiger partial charge >= 0.3 is 0 Å². The molecule has 0 saturated carbocycles. The molecule has 0 spiro atoms. The molecule has 1 aliphatic heterocycles. The SMILES string of the molecule is CCOc1ccc(C2=C(Nc3ccc(C(C)C)cc3)C(=O)N(c3ccc(CC)cc3)C2=O)cc1. The second-order valence-electron chi connectivity index (χ2n) is 8.57. The third-order valence-corrected chi connectivity index (χ3v) is 5.99. The van der Waals surface area contributed by atoms with Crippen LogP contribution in [0, 0.1) is 0 Å². The van der Waals surface area contributed by atoms with Gasteiger partial charge in [0, 0.05) is 5.69 Å². The maximum Gasteiger partial charge on any atom is 0.282 e. The van der Waals surface area contributed by atoms with Crippen molar-refractivity contribution in [1.82, 2.24) is 0 Å². The second-order valence-corrected chi connectivity index (χ2v) is 8.57. The monoisotopic (exact) mass is 454 g/mol. The summed E-state index contributed by atoms with van der Waals surface area (Å²) in [6.45, 7) is 8.81. The highest BCUT2D eigenvalue weighted by Crippen LogP contribution is 2.34. The standard InChI is InChI=1S/C29H30N2O3/c1-5-20-7-15-24(16-8-20)31-28(32)26(22-11-17-25(18-12-22)34-6-2)27(29(31)33)30-23-13-9-21(10-14-23)19(3)4/h7-19,30H,5-6H2,1-4H3. The Bertz CT molecular complexity index is 1210. The maximum absolute atomic E-state index is 13.6. The average molecular weight is 455 g/mol. The van der Waals surface area contributed by atoms with Crippen LogP contribution in [0.25, 0.3) is 5.57 Å². The largest absolute Gasteiger partial charge is 0.494 e. The molecule has 0 radical (unpaired) electrons. The van der Waals surface area contributed by atoms with Crippen molar-refractivity contribution in [2.24, 2.45) is 0 Å². The highest BCUT2D eigenvalue weighted by Gasteiger charge is 2.40. The van der Waals surface area contributed by atoms with Gasteiger partial charge in [0.15, 0.2) is 0 Å². The molecule has 2 amide bonds. The maximum atomic E-state index is 13.6. The smallest absolute Gasteiger partial charge is 0.282 e. The Morgan fingerprint density at radius 2 is 1.47 bits per heavy atom. The zero-order chi connectivity index (χ0) is 24.2. The van der Waals surface area contributed by atoms with Gasteiger partial charge in [-0.05, 0) is 72.4 Å². The number of hydrogen-bond acceptors (Lipinski definition) is 4. The first-order valence-corrected chi connectivity index (χ1v) is 11.7. The lowest BCUT2D eigenvalue weighted by Gasteiger charge is -2.16. The molecular formula is C29H30N2O3. The number of amides is 2. The van der Waals surface area contributed by atoms with E-state index in [9.17, 15) is 9.59 Å². The highest BCUT2D eigenvalue weighted by molar-refractivity contribution is 6.46. The number of imide groups is 1. The van der Waals surface area contributed by atoms with Gasteiger partial charge in [-0.25, -0.2) is 4.90 Å². The molecule has 1 heterocycles. The molecule has 0 aromatic heterocycles. The van der Waals surface area contributed by atoms with Gasteiger partial charge in [-0.3, -0.25) is 9.59 Å². The molecule has 1 N–H and O–H groups in total. The number of benzene rings is 3. The molecule has 0 aliphatic carbocycles. The number of anilines is 2. The molecule has 4 rings (SSSR count). The van der Waals surface area contributed by atoms with Crippen LogP contribution in [0.4, 0.5) is 11.4 Å². The van der Waals surface area contributed by atoms with Crippen LogP contribution < -0.4 is 15.0 Å². The van der Waals surface area contributed by atoms with Crippen LogP contribution >= 0.6 is 0 Å². The van der Waals surface area contributed by atoms with E-state index in [2.05, 4.69) is 26.1 Å². The summed E-state index contributed by atoms with van der Waals surface area (Å²) in [4.78, 5) is 28.4. The van der Waals surface area contributed by atoms with Gasteiger partial charge in [0.2, 0.25) is 0 Å². The Morgan fingerprint density at radius 1 is 0.824 bits per heavy atom. The molecule has 174 valence electrons. The first-order chi connectivity index (χ1) is 16.4. The van der Waals surface area contributed by atoms with E-state index in [1.807, 2.05) is 79.7 Å². The number of ether oxygens (including phenoxy) is 1. The molecule has 5 nitrogen and oxygen atoms in total. The normalized spacial score (nSPS) is 13.7. The van der Waals surface area contributed by atoms with Crippen molar-refractivity contribution in [3.8, 4) is 5.75 Å². The molecule has 3 aromatic carbocycles.